The van der Waals surface area contributed by atoms with Gasteiger partial charge in [0.05, 0.1) is 11.8 Å². The van der Waals surface area contributed by atoms with Crippen molar-refractivity contribution in [1.29, 1.82) is 0 Å². The van der Waals surface area contributed by atoms with Crippen molar-refractivity contribution in [2.75, 3.05) is 19.6 Å². The zero-order valence-electron chi connectivity index (χ0n) is 12.3. The van der Waals surface area contributed by atoms with Gasteiger partial charge in [-0.05, 0) is 0 Å². The number of hydrogen-bond acceptors (Lipinski definition) is 4. The van der Waals surface area contributed by atoms with Crippen LogP contribution in [0.3, 0.4) is 0 Å². The minimum Gasteiger partial charge on any atom is -0.391 e. The first-order valence-electron chi connectivity index (χ1n) is 7.41. The molecular weight excluding hydrogens is 264 g/mol. The third kappa shape index (κ3) is 3.32. The van der Waals surface area contributed by atoms with Crippen LogP contribution in [-0.4, -0.2) is 40.6 Å². The number of aromatic nitrogens is 2. The van der Waals surface area contributed by atoms with E-state index in [1.807, 2.05) is 29.9 Å². The van der Waals surface area contributed by atoms with Crippen molar-refractivity contribution in [3.63, 3.8) is 0 Å². The Bertz CT molecular complexity index is 581. The van der Waals surface area contributed by atoms with Crippen LogP contribution in [-0.2, 0) is 13.6 Å². The largest absolute Gasteiger partial charge is 0.391 e. The van der Waals surface area contributed by atoms with Gasteiger partial charge in [0.1, 0.15) is 0 Å². The van der Waals surface area contributed by atoms with Crippen LogP contribution in [0.2, 0.25) is 0 Å². The number of β-amino-alcohol motifs (C(OH)–C–C–N with tert-alkyl or cyclic N) is 1. The molecule has 2 unspecified atom stereocenters. The fourth-order valence-corrected chi connectivity index (χ4v) is 2.83. The molecule has 1 fully saturated rings. The second kappa shape index (κ2) is 6.39. The Morgan fingerprint density at radius 3 is 2.86 bits per heavy atom. The summed E-state index contributed by atoms with van der Waals surface area (Å²) in [4.78, 5) is 0. The Morgan fingerprint density at radius 2 is 2.14 bits per heavy atom. The lowest BCUT2D eigenvalue weighted by Gasteiger charge is -2.14. The number of aliphatic hydroxyl groups excluding tert-OH is 1. The highest BCUT2D eigenvalue weighted by molar-refractivity contribution is 5.62. The predicted molar refractivity (Wildman–Crippen MR) is 82.7 cm³/mol. The summed E-state index contributed by atoms with van der Waals surface area (Å²) >= 11 is 0. The first-order valence-corrected chi connectivity index (χ1v) is 7.41. The maximum atomic E-state index is 9.80. The number of benzene rings is 1. The van der Waals surface area contributed by atoms with Crippen LogP contribution in [0.15, 0.2) is 36.5 Å². The second-order valence-electron chi connectivity index (χ2n) is 5.66. The summed E-state index contributed by atoms with van der Waals surface area (Å²) in [7, 11) is 1.95. The topological polar surface area (TPSA) is 62.1 Å². The van der Waals surface area contributed by atoms with Gasteiger partial charge in [0.25, 0.3) is 0 Å². The highest BCUT2D eigenvalue weighted by Gasteiger charge is 2.24. The van der Waals surface area contributed by atoms with E-state index >= 15 is 0 Å². The highest BCUT2D eigenvalue weighted by atomic mass is 16.3. The van der Waals surface area contributed by atoms with Gasteiger partial charge in [0, 0.05) is 56.5 Å². The standard InChI is InChI=1S/C16H22N4O/c1-20-11-14(9-17-7-13-8-18-10-15(13)21)16(19-20)12-5-3-2-4-6-12/h2-6,11,13,15,17-18,21H,7-10H2,1H3. The summed E-state index contributed by atoms with van der Waals surface area (Å²) in [6, 6.07) is 10.2. The molecule has 3 N–H and O–H groups in total. The minimum atomic E-state index is -0.236. The predicted octanol–water partition coefficient (Wildman–Crippen LogP) is 0.757. The number of nitrogens with one attached hydrogen (secondary N) is 2. The molecule has 21 heavy (non-hydrogen) atoms. The van der Waals surface area contributed by atoms with E-state index in [0.717, 1.165) is 30.9 Å². The third-order valence-corrected chi connectivity index (χ3v) is 3.98. The normalized spacial score (nSPS) is 21.8. The first kappa shape index (κ1) is 14.3. The summed E-state index contributed by atoms with van der Waals surface area (Å²) in [5.74, 6) is 0.293. The molecule has 0 radical (unpaired) electrons. The fraction of sp³-hybridized carbons (Fsp3) is 0.438. The van der Waals surface area contributed by atoms with Crippen molar-refractivity contribution in [3.05, 3.63) is 42.1 Å². The molecule has 0 bridgehead atoms. The quantitative estimate of drug-likeness (QED) is 0.759. The van der Waals surface area contributed by atoms with Gasteiger partial charge in [-0.1, -0.05) is 30.3 Å². The van der Waals surface area contributed by atoms with E-state index in [4.69, 9.17) is 0 Å². The van der Waals surface area contributed by atoms with Crippen LogP contribution in [0.4, 0.5) is 0 Å². The van der Waals surface area contributed by atoms with Gasteiger partial charge in [-0.2, -0.15) is 5.10 Å². The zero-order chi connectivity index (χ0) is 14.7. The fourth-order valence-electron chi connectivity index (χ4n) is 2.83. The number of hydrogen-bond donors (Lipinski definition) is 3. The third-order valence-electron chi connectivity index (χ3n) is 3.98. The number of rotatable bonds is 5. The lowest BCUT2D eigenvalue weighted by Crippen LogP contribution is -2.30. The molecule has 0 aliphatic carbocycles. The molecule has 1 aromatic heterocycles. The van der Waals surface area contributed by atoms with Gasteiger partial charge >= 0.3 is 0 Å². The van der Waals surface area contributed by atoms with E-state index in [1.54, 1.807) is 0 Å². The number of nitrogens with zero attached hydrogens (tertiary/aromatic N) is 2. The van der Waals surface area contributed by atoms with E-state index in [1.165, 1.54) is 5.56 Å². The lowest BCUT2D eigenvalue weighted by molar-refractivity contribution is 0.146. The maximum Gasteiger partial charge on any atom is 0.0967 e. The van der Waals surface area contributed by atoms with Gasteiger partial charge < -0.3 is 15.7 Å². The highest BCUT2D eigenvalue weighted by Crippen LogP contribution is 2.21. The zero-order valence-corrected chi connectivity index (χ0v) is 12.3. The Morgan fingerprint density at radius 1 is 1.33 bits per heavy atom. The van der Waals surface area contributed by atoms with Crippen LogP contribution in [0, 0.1) is 5.92 Å². The SMILES string of the molecule is Cn1cc(CNCC2CNCC2O)c(-c2ccccc2)n1. The molecule has 3 rings (SSSR count). The van der Waals surface area contributed by atoms with Crippen LogP contribution in [0.25, 0.3) is 11.3 Å². The average Bonchev–Trinajstić information content (AvgIpc) is 3.06. The van der Waals surface area contributed by atoms with E-state index in [9.17, 15) is 5.11 Å². The van der Waals surface area contributed by atoms with Gasteiger partial charge in [-0.25, -0.2) is 0 Å². The van der Waals surface area contributed by atoms with Crippen molar-refractivity contribution in [2.45, 2.75) is 12.6 Å². The molecule has 0 spiro atoms. The van der Waals surface area contributed by atoms with Crippen molar-refractivity contribution in [2.24, 2.45) is 13.0 Å². The Hall–Kier alpha value is -1.69. The Balaban J connectivity index is 1.65. The first-order chi connectivity index (χ1) is 10.2. The van der Waals surface area contributed by atoms with E-state index in [0.29, 0.717) is 12.5 Å². The van der Waals surface area contributed by atoms with E-state index < -0.39 is 0 Å². The second-order valence-corrected chi connectivity index (χ2v) is 5.66. The van der Waals surface area contributed by atoms with E-state index in [2.05, 4.69) is 34.1 Å². The molecule has 112 valence electrons. The van der Waals surface area contributed by atoms with Crippen molar-refractivity contribution in [1.82, 2.24) is 20.4 Å². The molecule has 2 heterocycles. The minimum absolute atomic E-state index is 0.236. The molecule has 0 saturated carbocycles. The number of aryl methyl sites for hydroxylation is 1. The molecule has 1 aliphatic rings. The molecule has 1 saturated heterocycles. The lowest BCUT2D eigenvalue weighted by atomic mass is 10.1. The summed E-state index contributed by atoms with van der Waals surface area (Å²) in [5.41, 5.74) is 3.34. The smallest absolute Gasteiger partial charge is 0.0967 e. The van der Waals surface area contributed by atoms with Gasteiger partial charge in [0.15, 0.2) is 0 Å². The monoisotopic (exact) mass is 286 g/mol. The van der Waals surface area contributed by atoms with E-state index in [-0.39, 0.29) is 6.10 Å². The molecule has 5 heteroatoms. The average molecular weight is 286 g/mol. The van der Waals surface area contributed by atoms with Gasteiger partial charge in [-0.15, -0.1) is 0 Å². The summed E-state index contributed by atoms with van der Waals surface area (Å²) in [6.45, 7) is 3.17. The van der Waals surface area contributed by atoms with Crippen molar-refractivity contribution < 1.29 is 5.11 Å². The molecule has 2 aromatic rings. The van der Waals surface area contributed by atoms with Crippen LogP contribution in [0.1, 0.15) is 5.56 Å². The Labute approximate surface area is 125 Å². The summed E-state index contributed by atoms with van der Waals surface area (Å²) in [6.07, 6.45) is 1.82. The van der Waals surface area contributed by atoms with Gasteiger partial charge in [0.2, 0.25) is 0 Å². The summed E-state index contributed by atoms with van der Waals surface area (Å²) < 4.78 is 1.85. The Kier molecular flexibility index (Phi) is 4.34. The van der Waals surface area contributed by atoms with Crippen LogP contribution >= 0.6 is 0 Å². The molecule has 0 amide bonds. The molecule has 2 atom stereocenters. The van der Waals surface area contributed by atoms with Crippen molar-refractivity contribution >= 4 is 0 Å². The van der Waals surface area contributed by atoms with Crippen LogP contribution in [0.5, 0.6) is 0 Å². The van der Waals surface area contributed by atoms with Gasteiger partial charge in [-0.3, -0.25) is 4.68 Å². The molecule has 5 nitrogen and oxygen atoms in total. The van der Waals surface area contributed by atoms with Crippen molar-refractivity contribution in [3.8, 4) is 11.3 Å². The molecule has 1 aliphatic heterocycles. The molecule has 1 aromatic carbocycles. The summed E-state index contributed by atoms with van der Waals surface area (Å²) in [5, 5.41) is 21.0. The maximum absolute atomic E-state index is 9.80. The number of aliphatic hydroxyl groups is 1. The molecular formula is C16H22N4O. The van der Waals surface area contributed by atoms with Crippen LogP contribution < -0.4 is 10.6 Å².